The Labute approximate surface area is 97.5 Å². The number of halogens is 3. The first-order valence-corrected chi connectivity index (χ1v) is 5.59. The average molecular weight is 245 g/mol. The lowest BCUT2D eigenvalue weighted by atomic mass is 10.0. The van der Waals surface area contributed by atoms with Crippen LogP contribution in [0.1, 0.15) is 24.0 Å². The van der Waals surface area contributed by atoms with Crippen molar-refractivity contribution in [2.24, 2.45) is 0 Å². The molecule has 1 fully saturated rings. The van der Waals surface area contributed by atoms with E-state index in [-0.39, 0.29) is 11.8 Å². The summed E-state index contributed by atoms with van der Waals surface area (Å²) in [6.07, 6.45) is -1.94. The van der Waals surface area contributed by atoms with Gasteiger partial charge in [0.25, 0.3) is 0 Å². The van der Waals surface area contributed by atoms with Crippen molar-refractivity contribution in [1.29, 1.82) is 0 Å². The van der Waals surface area contributed by atoms with E-state index < -0.39 is 11.7 Å². The third kappa shape index (κ3) is 2.91. The highest BCUT2D eigenvalue weighted by molar-refractivity contribution is 5.38. The summed E-state index contributed by atoms with van der Waals surface area (Å²) in [6.45, 7) is 0.893. The number of alkyl halides is 3. The van der Waals surface area contributed by atoms with E-state index >= 15 is 0 Å². The number of benzene rings is 1. The van der Waals surface area contributed by atoms with Gasteiger partial charge < -0.3 is 10.4 Å². The van der Waals surface area contributed by atoms with Gasteiger partial charge in [0.05, 0.1) is 5.56 Å². The van der Waals surface area contributed by atoms with Crippen LogP contribution in [0.5, 0.6) is 5.75 Å². The summed E-state index contributed by atoms with van der Waals surface area (Å²) in [4.78, 5) is 0. The zero-order valence-corrected chi connectivity index (χ0v) is 9.22. The fourth-order valence-electron chi connectivity index (χ4n) is 2.12. The molecule has 1 aromatic rings. The maximum Gasteiger partial charge on any atom is 0.416 e. The second-order valence-corrected chi connectivity index (χ2v) is 4.34. The van der Waals surface area contributed by atoms with Crippen LogP contribution in [0.15, 0.2) is 18.2 Å². The molecule has 1 saturated heterocycles. The van der Waals surface area contributed by atoms with E-state index in [1.807, 2.05) is 0 Å². The topological polar surface area (TPSA) is 32.3 Å². The predicted molar refractivity (Wildman–Crippen MR) is 57.8 cm³/mol. The molecule has 94 valence electrons. The highest BCUT2D eigenvalue weighted by Gasteiger charge is 2.31. The molecule has 0 aromatic heterocycles. The molecule has 1 aromatic carbocycles. The second-order valence-electron chi connectivity index (χ2n) is 4.34. The molecule has 1 unspecified atom stereocenters. The number of hydrogen-bond acceptors (Lipinski definition) is 2. The predicted octanol–water partition coefficient (Wildman–Crippen LogP) is 2.71. The van der Waals surface area contributed by atoms with E-state index in [4.69, 9.17) is 0 Å². The van der Waals surface area contributed by atoms with Crippen LogP contribution >= 0.6 is 0 Å². The molecule has 1 aliphatic rings. The minimum absolute atomic E-state index is 0.0632. The van der Waals surface area contributed by atoms with Crippen LogP contribution in [0.25, 0.3) is 0 Å². The van der Waals surface area contributed by atoms with Gasteiger partial charge >= 0.3 is 6.18 Å². The Kier molecular flexibility index (Phi) is 3.28. The highest BCUT2D eigenvalue weighted by Crippen LogP contribution is 2.32. The van der Waals surface area contributed by atoms with Crippen molar-refractivity contribution in [3.63, 3.8) is 0 Å². The van der Waals surface area contributed by atoms with Crippen molar-refractivity contribution in [1.82, 2.24) is 5.32 Å². The Balaban J connectivity index is 2.20. The second kappa shape index (κ2) is 4.56. The normalized spacial score (nSPS) is 20.8. The van der Waals surface area contributed by atoms with Crippen molar-refractivity contribution < 1.29 is 18.3 Å². The van der Waals surface area contributed by atoms with Crippen LogP contribution in [0.2, 0.25) is 0 Å². The van der Waals surface area contributed by atoms with E-state index in [2.05, 4.69) is 5.32 Å². The Morgan fingerprint density at radius 3 is 2.71 bits per heavy atom. The van der Waals surface area contributed by atoms with Gasteiger partial charge in [-0.1, -0.05) is 0 Å². The minimum Gasteiger partial charge on any atom is -0.508 e. The fraction of sp³-hybridized carbons (Fsp3) is 0.500. The van der Waals surface area contributed by atoms with Gasteiger partial charge in [-0.25, -0.2) is 0 Å². The number of nitrogens with one attached hydrogen (secondary N) is 1. The number of hydrogen-bond donors (Lipinski definition) is 2. The van der Waals surface area contributed by atoms with Crippen molar-refractivity contribution in [2.75, 3.05) is 6.54 Å². The van der Waals surface area contributed by atoms with Gasteiger partial charge in [0, 0.05) is 6.04 Å². The molecule has 1 aliphatic heterocycles. The molecule has 0 aliphatic carbocycles. The van der Waals surface area contributed by atoms with Crippen molar-refractivity contribution in [2.45, 2.75) is 31.5 Å². The lowest BCUT2D eigenvalue weighted by Gasteiger charge is -2.14. The Hall–Kier alpha value is -1.23. The molecule has 0 spiro atoms. The summed E-state index contributed by atoms with van der Waals surface area (Å²) < 4.78 is 37.5. The average Bonchev–Trinajstić information content (AvgIpc) is 2.72. The smallest absolute Gasteiger partial charge is 0.416 e. The number of phenols is 1. The maximum atomic E-state index is 12.5. The third-order valence-corrected chi connectivity index (χ3v) is 3.04. The van der Waals surface area contributed by atoms with Gasteiger partial charge in [0.2, 0.25) is 0 Å². The molecule has 2 rings (SSSR count). The van der Waals surface area contributed by atoms with Crippen LogP contribution in [0.4, 0.5) is 13.2 Å². The molecule has 0 radical (unpaired) electrons. The molecular weight excluding hydrogens is 231 g/mol. The highest BCUT2D eigenvalue weighted by atomic mass is 19.4. The molecule has 1 atom stereocenters. The van der Waals surface area contributed by atoms with Crippen LogP contribution < -0.4 is 5.32 Å². The van der Waals surface area contributed by atoms with Crippen LogP contribution in [-0.4, -0.2) is 17.7 Å². The number of aromatic hydroxyl groups is 1. The molecule has 17 heavy (non-hydrogen) atoms. The van der Waals surface area contributed by atoms with E-state index in [1.54, 1.807) is 0 Å². The largest absolute Gasteiger partial charge is 0.508 e. The van der Waals surface area contributed by atoms with Crippen molar-refractivity contribution in [3.8, 4) is 5.75 Å². The lowest BCUT2D eigenvalue weighted by molar-refractivity contribution is -0.137. The van der Waals surface area contributed by atoms with Crippen LogP contribution in [-0.2, 0) is 12.6 Å². The molecule has 0 bridgehead atoms. The minimum atomic E-state index is -4.36. The summed E-state index contributed by atoms with van der Waals surface area (Å²) in [5, 5.41) is 12.8. The fourth-order valence-corrected chi connectivity index (χ4v) is 2.12. The number of phenolic OH excluding ortho intramolecular Hbond substituents is 1. The van der Waals surface area contributed by atoms with E-state index in [0.29, 0.717) is 12.0 Å². The Morgan fingerprint density at radius 1 is 1.35 bits per heavy atom. The van der Waals surface area contributed by atoms with E-state index in [9.17, 15) is 18.3 Å². The molecule has 2 N–H and O–H groups in total. The standard InChI is InChI=1S/C12H14F3NO/c13-12(14,15)9-3-4-11(17)8(6-9)7-10-2-1-5-16-10/h3-4,6,10,16-17H,1-2,5,7H2. The van der Waals surface area contributed by atoms with Crippen molar-refractivity contribution >= 4 is 0 Å². The zero-order chi connectivity index (χ0) is 12.5. The number of rotatable bonds is 2. The van der Waals surface area contributed by atoms with Gasteiger partial charge in [0.1, 0.15) is 5.75 Å². The van der Waals surface area contributed by atoms with Gasteiger partial charge in [0.15, 0.2) is 0 Å². The summed E-state index contributed by atoms with van der Waals surface area (Å²) >= 11 is 0. The maximum absolute atomic E-state index is 12.5. The first kappa shape index (κ1) is 12.2. The van der Waals surface area contributed by atoms with E-state index in [1.165, 1.54) is 0 Å². The van der Waals surface area contributed by atoms with Gasteiger partial charge in [-0.15, -0.1) is 0 Å². The van der Waals surface area contributed by atoms with Crippen LogP contribution in [0.3, 0.4) is 0 Å². The van der Waals surface area contributed by atoms with Crippen LogP contribution in [0, 0.1) is 0 Å². The summed E-state index contributed by atoms with van der Waals surface area (Å²) in [6, 6.07) is 3.23. The molecular formula is C12H14F3NO. The van der Waals surface area contributed by atoms with Crippen molar-refractivity contribution in [3.05, 3.63) is 29.3 Å². The Bertz CT molecular complexity index is 397. The zero-order valence-electron chi connectivity index (χ0n) is 9.22. The lowest BCUT2D eigenvalue weighted by Crippen LogP contribution is -2.23. The first-order valence-electron chi connectivity index (χ1n) is 5.59. The van der Waals surface area contributed by atoms with Gasteiger partial charge in [-0.2, -0.15) is 13.2 Å². The summed E-state index contributed by atoms with van der Waals surface area (Å²) in [5.41, 5.74) is -0.345. The van der Waals surface area contributed by atoms with Gasteiger partial charge in [-0.3, -0.25) is 0 Å². The molecule has 0 saturated carbocycles. The van der Waals surface area contributed by atoms with Gasteiger partial charge in [-0.05, 0) is 49.6 Å². The molecule has 0 amide bonds. The van der Waals surface area contributed by atoms with E-state index in [0.717, 1.165) is 37.6 Å². The quantitative estimate of drug-likeness (QED) is 0.839. The molecule has 1 heterocycles. The molecule has 5 heteroatoms. The Morgan fingerprint density at radius 2 is 2.12 bits per heavy atom. The monoisotopic (exact) mass is 245 g/mol. The third-order valence-electron chi connectivity index (χ3n) is 3.04. The molecule has 2 nitrogen and oxygen atoms in total. The first-order chi connectivity index (χ1) is 7.97. The summed E-state index contributed by atoms with van der Waals surface area (Å²) in [7, 11) is 0. The SMILES string of the molecule is Oc1ccc(C(F)(F)F)cc1CC1CCCN1. The summed E-state index contributed by atoms with van der Waals surface area (Å²) in [5.74, 6) is -0.0632.